The standard InChI is InChI=1S/C11H10ClNOS/c1-8(14)15-6-2-3-9-4-5-10(12)11(13)7-9/h4-5,7H,6,13H2,1H3. The summed E-state index contributed by atoms with van der Waals surface area (Å²) in [5, 5.41) is 0.596. The van der Waals surface area contributed by atoms with E-state index in [0.29, 0.717) is 16.5 Å². The minimum atomic E-state index is 0.0694. The van der Waals surface area contributed by atoms with Crippen LogP contribution < -0.4 is 5.73 Å². The van der Waals surface area contributed by atoms with E-state index >= 15 is 0 Å². The zero-order valence-electron chi connectivity index (χ0n) is 8.21. The van der Waals surface area contributed by atoms with Gasteiger partial charge in [0.15, 0.2) is 5.12 Å². The van der Waals surface area contributed by atoms with Crippen molar-refractivity contribution in [1.29, 1.82) is 0 Å². The van der Waals surface area contributed by atoms with Gasteiger partial charge in [-0.15, -0.1) is 0 Å². The molecule has 0 aliphatic rings. The Bertz CT molecular complexity index is 434. The van der Waals surface area contributed by atoms with E-state index in [-0.39, 0.29) is 5.12 Å². The number of rotatable bonds is 1. The molecular formula is C11H10ClNOS. The Hall–Kier alpha value is -1.11. The summed E-state index contributed by atoms with van der Waals surface area (Å²) in [7, 11) is 0. The van der Waals surface area contributed by atoms with E-state index in [9.17, 15) is 4.79 Å². The highest BCUT2D eigenvalue weighted by molar-refractivity contribution is 8.13. The summed E-state index contributed by atoms with van der Waals surface area (Å²) < 4.78 is 0. The second-order valence-corrected chi connectivity index (χ2v) is 4.38. The summed E-state index contributed by atoms with van der Waals surface area (Å²) in [4.78, 5) is 10.6. The maximum atomic E-state index is 10.6. The van der Waals surface area contributed by atoms with Crippen LogP contribution in [0.1, 0.15) is 12.5 Å². The number of nitrogens with two attached hydrogens (primary N) is 1. The lowest BCUT2D eigenvalue weighted by Gasteiger charge is -1.96. The largest absolute Gasteiger partial charge is 0.397 e. The molecule has 0 amide bonds. The Morgan fingerprint density at radius 1 is 1.60 bits per heavy atom. The minimum absolute atomic E-state index is 0.0694. The van der Waals surface area contributed by atoms with Crippen molar-refractivity contribution < 1.29 is 4.79 Å². The molecule has 0 spiro atoms. The summed E-state index contributed by atoms with van der Waals surface area (Å²) in [5.74, 6) is 6.28. The molecule has 0 aliphatic carbocycles. The number of halogens is 1. The molecule has 0 bridgehead atoms. The molecule has 0 aliphatic heterocycles. The fourth-order valence-electron chi connectivity index (χ4n) is 0.897. The molecule has 15 heavy (non-hydrogen) atoms. The normalized spacial score (nSPS) is 9.20. The molecule has 0 saturated carbocycles. The minimum Gasteiger partial charge on any atom is -0.397 e. The van der Waals surface area contributed by atoms with Crippen LogP contribution in [0.4, 0.5) is 5.69 Å². The fourth-order valence-corrected chi connectivity index (χ4v) is 1.36. The van der Waals surface area contributed by atoms with E-state index in [2.05, 4.69) is 11.8 Å². The first kappa shape index (κ1) is 12.0. The van der Waals surface area contributed by atoms with E-state index in [1.54, 1.807) is 18.2 Å². The molecule has 0 unspecified atom stereocenters. The number of thioether (sulfide) groups is 1. The van der Waals surface area contributed by atoms with Gasteiger partial charge in [-0.2, -0.15) is 0 Å². The predicted molar refractivity (Wildman–Crippen MR) is 65.9 cm³/mol. The highest BCUT2D eigenvalue weighted by Gasteiger charge is 1.95. The third-order valence-corrected chi connectivity index (χ3v) is 2.62. The average Bonchev–Trinajstić information content (AvgIpc) is 2.18. The summed E-state index contributed by atoms with van der Waals surface area (Å²) >= 11 is 6.95. The number of carbonyl (C=O) groups is 1. The predicted octanol–water partition coefficient (Wildman–Crippen LogP) is 2.55. The molecule has 2 N–H and O–H groups in total. The van der Waals surface area contributed by atoms with Gasteiger partial charge >= 0.3 is 0 Å². The maximum Gasteiger partial charge on any atom is 0.186 e. The van der Waals surface area contributed by atoms with Gasteiger partial charge in [-0.25, -0.2) is 0 Å². The first-order chi connectivity index (χ1) is 7.09. The van der Waals surface area contributed by atoms with Crippen molar-refractivity contribution in [1.82, 2.24) is 0 Å². The van der Waals surface area contributed by atoms with Crippen LogP contribution in [0.25, 0.3) is 0 Å². The molecule has 78 valence electrons. The molecule has 1 rings (SSSR count). The molecular weight excluding hydrogens is 230 g/mol. The van der Waals surface area contributed by atoms with Gasteiger partial charge in [0.2, 0.25) is 0 Å². The molecule has 1 aromatic carbocycles. The van der Waals surface area contributed by atoms with Gasteiger partial charge < -0.3 is 5.73 Å². The lowest BCUT2D eigenvalue weighted by Crippen LogP contribution is -1.87. The van der Waals surface area contributed by atoms with Crippen LogP contribution in [0.15, 0.2) is 18.2 Å². The van der Waals surface area contributed by atoms with Crippen LogP contribution in [0.2, 0.25) is 5.02 Å². The van der Waals surface area contributed by atoms with Gasteiger partial charge in [0.05, 0.1) is 16.5 Å². The second kappa shape index (κ2) is 5.69. The van der Waals surface area contributed by atoms with Crippen LogP contribution in [0, 0.1) is 11.8 Å². The van der Waals surface area contributed by atoms with Gasteiger partial charge in [-0.05, 0) is 18.2 Å². The molecule has 0 fully saturated rings. The number of hydrogen-bond donors (Lipinski definition) is 1. The SMILES string of the molecule is CC(=O)SCC#Cc1ccc(Cl)c(N)c1. The average molecular weight is 240 g/mol. The van der Waals surface area contributed by atoms with Gasteiger partial charge in [-0.1, -0.05) is 35.2 Å². The van der Waals surface area contributed by atoms with E-state index in [0.717, 1.165) is 5.56 Å². The first-order valence-corrected chi connectivity index (χ1v) is 5.63. The van der Waals surface area contributed by atoms with Crippen molar-refractivity contribution in [3.8, 4) is 11.8 Å². The lowest BCUT2D eigenvalue weighted by molar-refractivity contribution is -0.109. The van der Waals surface area contributed by atoms with Crippen molar-refractivity contribution in [3.63, 3.8) is 0 Å². The summed E-state index contributed by atoms with van der Waals surface area (Å²) in [6.45, 7) is 1.52. The summed E-state index contributed by atoms with van der Waals surface area (Å²) in [6, 6.07) is 5.22. The third kappa shape index (κ3) is 4.28. The van der Waals surface area contributed by atoms with E-state index in [4.69, 9.17) is 17.3 Å². The van der Waals surface area contributed by atoms with Crippen molar-refractivity contribution in [3.05, 3.63) is 28.8 Å². The number of benzene rings is 1. The van der Waals surface area contributed by atoms with Crippen molar-refractivity contribution in [2.75, 3.05) is 11.5 Å². The Morgan fingerprint density at radius 2 is 2.33 bits per heavy atom. The van der Waals surface area contributed by atoms with Crippen LogP contribution in [0.5, 0.6) is 0 Å². The smallest absolute Gasteiger partial charge is 0.186 e. The number of nitrogen functional groups attached to an aromatic ring is 1. The van der Waals surface area contributed by atoms with Gasteiger partial charge in [0.1, 0.15) is 0 Å². The molecule has 0 heterocycles. The summed E-state index contributed by atoms with van der Waals surface area (Å²) in [6.07, 6.45) is 0. The van der Waals surface area contributed by atoms with E-state index in [1.807, 2.05) is 0 Å². The number of carbonyl (C=O) groups excluding carboxylic acids is 1. The topological polar surface area (TPSA) is 43.1 Å². The van der Waals surface area contributed by atoms with Crippen LogP contribution in [-0.2, 0) is 4.79 Å². The molecule has 1 aromatic rings. The molecule has 4 heteroatoms. The van der Waals surface area contributed by atoms with Crippen LogP contribution >= 0.6 is 23.4 Å². The zero-order chi connectivity index (χ0) is 11.3. The monoisotopic (exact) mass is 239 g/mol. The van der Waals surface area contributed by atoms with Gasteiger partial charge in [0.25, 0.3) is 0 Å². The number of hydrogen-bond acceptors (Lipinski definition) is 3. The Balaban J connectivity index is 2.64. The Labute approximate surface area is 98.2 Å². The lowest BCUT2D eigenvalue weighted by atomic mass is 10.2. The molecule has 0 saturated heterocycles. The highest BCUT2D eigenvalue weighted by Crippen LogP contribution is 2.18. The third-order valence-electron chi connectivity index (χ3n) is 1.58. The first-order valence-electron chi connectivity index (χ1n) is 4.27. The zero-order valence-corrected chi connectivity index (χ0v) is 9.78. The van der Waals surface area contributed by atoms with E-state index < -0.39 is 0 Å². The molecule has 0 aromatic heterocycles. The van der Waals surface area contributed by atoms with Crippen molar-refractivity contribution >= 4 is 34.2 Å². The van der Waals surface area contributed by atoms with Crippen LogP contribution in [-0.4, -0.2) is 10.9 Å². The fraction of sp³-hybridized carbons (Fsp3) is 0.182. The quantitative estimate of drug-likeness (QED) is 0.605. The highest BCUT2D eigenvalue weighted by atomic mass is 35.5. The number of anilines is 1. The van der Waals surface area contributed by atoms with Crippen molar-refractivity contribution in [2.24, 2.45) is 0 Å². The maximum absolute atomic E-state index is 10.6. The Morgan fingerprint density at radius 3 is 2.93 bits per heavy atom. The van der Waals surface area contributed by atoms with Crippen molar-refractivity contribution in [2.45, 2.75) is 6.92 Å². The summed E-state index contributed by atoms with van der Waals surface area (Å²) in [5.41, 5.74) is 6.94. The Kier molecular flexibility index (Phi) is 4.54. The molecule has 2 nitrogen and oxygen atoms in total. The molecule has 0 atom stereocenters. The molecule has 0 radical (unpaired) electrons. The van der Waals surface area contributed by atoms with E-state index in [1.165, 1.54) is 18.7 Å². The van der Waals surface area contributed by atoms with Crippen LogP contribution in [0.3, 0.4) is 0 Å². The van der Waals surface area contributed by atoms with Gasteiger partial charge in [-0.3, -0.25) is 4.79 Å². The second-order valence-electron chi connectivity index (χ2n) is 2.82. The van der Waals surface area contributed by atoms with Gasteiger partial charge in [0, 0.05) is 12.5 Å².